The van der Waals surface area contributed by atoms with Crippen LogP contribution in [-0.2, 0) is 0 Å². The van der Waals surface area contributed by atoms with Gasteiger partial charge in [0.25, 0.3) is 0 Å². The third-order valence-corrected chi connectivity index (χ3v) is 4.28. The second kappa shape index (κ2) is 4.95. The zero-order valence-corrected chi connectivity index (χ0v) is 11.4. The summed E-state index contributed by atoms with van der Waals surface area (Å²) in [5.41, 5.74) is 0. The van der Waals surface area contributed by atoms with Crippen LogP contribution in [0.15, 0.2) is 36.9 Å². The summed E-state index contributed by atoms with van der Waals surface area (Å²) in [4.78, 5) is 14.4. The SMILES string of the molecule is Fc1cnc(N2C[C@H]3CC[C@H]2[C@H]3Oc2cccnc2)nc1. The zero-order chi connectivity index (χ0) is 14.2. The lowest BCUT2D eigenvalue weighted by atomic mass is 10.1. The van der Waals surface area contributed by atoms with Gasteiger partial charge in [-0.2, -0.15) is 0 Å². The van der Waals surface area contributed by atoms with Gasteiger partial charge in [0.2, 0.25) is 5.95 Å². The highest BCUT2D eigenvalue weighted by Crippen LogP contribution is 2.41. The van der Waals surface area contributed by atoms with E-state index in [0.29, 0.717) is 11.9 Å². The lowest BCUT2D eigenvalue weighted by molar-refractivity contribution is 0.178. The minimum atomic E-state index is -0.411. The first-order valence-electron chi connectivity index (χ1n) is 7.12. The van der Waals surface area contributed by atoms with E-state index in [4.69, 9.17) is 4.74 Å². The van der Waals surface area contributed by atoms with Gasteiger partial charge in [0, 0.05) is 18.7 Å². The van der Waals surface area contributed by atoms with Crippen molar-refractivity contribution in [3.63, 3.8) is 0 Å². The Balaban J connectivity index is 1.55. The molecule has 2 aliphatic rings. The van der Waals surface area contributed by atoms with Crippen molar-refractivity contribution in [1.82, 2.24) is 15.0 Å². The molecule has 4 rings (SSSR count). The van der Waals surface area contributed by atoms with E-state index in [1.165, 1.54) is 12.4 Å². The van der Waals surface area contributed by atoms with Crippen LogP contribution >= 0.6 is 0 Å². The molecule has 0 amide bonds. The van der Waals surface area contributed by atoms with E-state index in [1.54, 1.807) is 12.4 Å². The van der Waals surface area contributed by atoms with Gasteiger partial charge in [-0.1, -0.05) is 0 Å². The van der Waals surface area contributed by atoms with Crippen LogP contribution in [0.1, 0.15) is 12.8 Å². The molecule has 2 bridgehead atoms. The molecule has 2 aromatic heterocycles. The molecule has 3 heterocycles. The summed E-state index contributed by atoms with van der Waals surface area (Å²) in [6, 6.07) is 4.04. The van der Waals surface area contributed by atoms with E-state index in [2.05, 4.69) is 19.9 Å². The van der Waals surface area contributed by atoms with Gasteiger partial charge >= 0.3 is 0 Å². The average molecular weight is 286 g/mol. The van der Waals surface area contributed by atoms with Crippen molar-refractivity contribution in [1.29, 1.82) is 0 Å². The number of anilines is 1. The predicted molar refractivity (Wildman–Crippen MR) is 74.5 cm³/mol. The molecule has 1 aliphatic carbocycles. The fourth-order valence-electron chi connectivity index (χ4n) is 3.38. The molecule has 0 unspecified atom stereocenters. The van der Waals surface area contributed by atoms with E-state index in [0.717, 1.165) is 25.1 Å². The number of nitrogens with zero attached hydrogens (tertiary/aromatic N) is 4. The summed E-state index contributed by atoms with van der Waals surface area (Å²) >= 11 is 0. The second-order valence-corrected chi connectivity index (χ2v) is 5.53. The maximum absolute atomic E-state index is 13.0. The molecule has 0 aromatic carbocycles. The Bertz CT molecular complexity index is 621. The molecule has 0 radical (unpaired) electrons. The van der Waals surface area contributed by atoms with Crippen LogP contribution in [0, 0.1) is 11.7 Å². The number of hydrogen-bond acceptors (Lipinski definition) is 5. The molecule has 2 aromatic rings. The Labute approximate surface area is 121 Å². The van der Waals surface area contributed by atoms with E-state index in [1.807, 2.05) is 12.1 Å². The Morgan fingerprint density at radius 1 is 1.19 bits per heavy atom. The molecule has 3 atom stereocenters. The molecule has 1 aliphatic heterocycles. The molecule has 21 heavy (non-hydrogen) atoms. The fraction of sp³-hybridized carbons (Fsp3) is 0.400. The number of piperidine rings is 1. The number of fused-ring (bicyclic) bond motifs is 2. The van der Waals surface area contributed by atoms with Crippen LogP contribution in [0.4, 0.5) is 10.3 Å². The number of pyridine rings is 1. The van der Waals surface area contributed by atoms with Gasteiger partial charge in [0.15, 0.2) is 5.82 Å². The maximum atomic E-state index is 13.0. The Kier molecular flexibility index (Phi) is 2.94. The number of rotatable bonds is 3. The van der Waals surface area contributed by atoms with Crippen LogP contribution in [0.2, 0.25) is 0 Å². The zero-order valence-electron chi connectivity index (χ0n) is 11.4. The summed E-state index contributed by atoms with van der Waals surface area (Å²) in [6.45, 7) is 0.862. The standard InChI is InChI=1S/C15H15FN4O/c16-11-6-18-15(19-7-11)20-9-10-3-4-13(20)14(10)21-12-2-1-5-17-8-12/h1-2,5-8,10,13-14H,3-4,9H2/t10-,13+,14+/m1/s1. The number of hydrogen-bond donors (Lipinski definition) is 0. The molecule has 0 spiro atoms. The Morgan fingerprint density at radius 3 is 2.81 bits per heavy atom. The Hall–Kier alpha value is -2.24. The molecule has 1 saturated heterocycles. The predicted octanol–water partition coefficient (Wildman–Crippen LogP) is 2.06. The van der Waals surface area contributed by atoms with Crippen LogP contribution < -0.4 is 9.64 Å². The molecule has 5 nitrogen and oxygen atoms in total. The molecule has 108 valence electrons. The van der Waals surface area contributed by atoms with Crippen molar-refractivity contribution in [2.75, 3.05) is 11.4 Å². The quantitative estimate of drug-likeness (QED) is 0.864. The molecule has 1 saturated carbocycles. The minimum absolute atomic E-state index is 0.128. The average Bonchev–Trinajstić information content (AvgIpc) is 3.06. The highest BCUT2D eigenvalue weighted by atomic mass is 19.1. The van der Waals surface area contributed by atoms with Crippen LogP contribution in [0.25, 0.3) is 0 Å². The molecule has 0 N–H and O–H groups in total. The molecular weight excluding hydrogens is 271 g/mol. The highest BCUT2D eigenvalue weighted by molar-refractivity contribution is 5.37. The summed E-state index contributed by atoms with van der Waals surface area (Å²) < 4.78 is 19.1. The van der Waals surface area contributed by atoms with Gasteiger partial charge in [-0.3, -0.25) is 4.98 Å². The first kappa shape index (κ1) is 12.5. The van der Waals surface area contributed by atoms with Crippen molar-refractivity contribution in [2.45, 2.75) is 25.0 Å². The van der Waals surface area contributed by atoms with Crippen molar-refractivity contribution in [3.8, 4) is 5.75 Å². The van der Waals surface area contributed by atoms with Gasteiger partial charge in [-0.05, 0) is 25.0 Å². The first-order chi connectivity index (χ1) is 10.3. The number of halogens is 1. The fourth-order valence-corrected chi connectivity index (χ4v) is 3.38. The van der Waals surface area contributed by atoms with Gasteiger partial charge < -0.3 is 9.64 Å². The normalized spacial score (nSPS) is 27.1. The van der Waals surface area contributed by atoms with Gasteiger partial charge in [0.05, 0.1) is 24.6 Å². The van der Waals surface area contributed by atoms with Crippen molar-refractivity contribution in [3.05, 3.63) is 42.7 Å². The second-order valence-electron chi connectivity index (χ2n) is 5.53. The molecular formula is C15H15FN4O. The highest BCUT2D eigenvalue weighted by Gasteiger charge is 2.49. The first-order valence-corrected chi connectivity index (χ1v) is 7.12. The van der Waals surface area contributed by atoms with Crippen LogP contribution in [0.3, 0.4) is 0 Å². The van der Waals surface area contributed by atoms with E-state index >= 15 is 0 Å². The number of ether oxygens (including phenoxy) is 1. The summed E-state index contributed by atoms with van der Waals surface area (Å²) in [7, 11) is 0. The van der Waals surface area contributed by atoms with Crippen LogP contribution in [-0.4, -0.2) is 33.6 Å². The van der Waals surface area contributed by atoms with E-state index < -0.39 is 5.82 Å². The minimum Gasteiger partial charge on any atom is -0.486 e. The maximum Gasteiger partial charge on any atom is 0.225 e. The monoisotopic (exact) mass is 286 g/mol. The Morgan fingerprint density at radius 2 is 2.05 bits per heavy atom. The lowest BCUT2D eigenvalue weighted by Crippen LogP contribution is -2.37. The van der Waals surface area contributed by atoms with Gasteiger partial charge in [0.1, 0.15) is 11.9 Å². The third kappa shape index (κ3) is 2.20. The largest absolute Gasteiger partial charge is 0.486 e. The van der Waals surface area contributed by atoms with Crippen molar-refractivity contribution < 1.29 is 9.13 Å². The topological polar surface area (TPSA) is 51.1 Å². The smallest absolute Gasteiger partial charge is 0.225 e. The third-order valence-electron chi connectivity index (χ3n) is 4.28. The van der Waals surface area contributed by atoms with Crippen LogP contribution in [0.5, 0.6) is 5.75 Å². The molecule has 2 fully saturated rings. The summed E-state index contributed by atoms with van der Waals surface area (Å²) in [6.07, 6.45) is 8.22. The van der Waals surface area contributed by atoms with Gasteiger partial charge in [-0.15, -0.1) is 0 Å². The van der Waals surface area contributed by atoms with Crippen molar-refractivity contribution in [2.24, 2.45) is 5.92 Å². The molecule has 6 heteroatoms. The van der Waals surface area contributed by atoms with Crippen molar-refractivity contribution >= 4 is 5.95 Å². The number of aromatic nitrogens is 3. The lowest BCUT2D eigenvalue weighted by Gasteiger charge is -2.26. The van der Waals surface area contributed by atoms with E-state index in [-0.39, 0.29) is 12.1 Å². The summed E-state index contributed by atoms with van der Waals surface area (Å²) in [5.74, 6) is 1.43. The summed E-state index contributed by atoms with van der Waals surface area (Å²) in [5, 5.41) is 0. The van der Waals surface area contributed by atoms with E-state index in [9.17, 15) is 4.39 Å². The van der Waals surface area contributed by atoms with Gasteiger partial charge in [-0.25, -0.2) is 14.4 Å².